The van der Waals surface area contributed by atoms with Crippen molar-refractivity contribution in [3.63, 3.8) is 0 Å². The fourth-order valence-corrected chi connectivity index (χ4v) is 3.17. The van der Waals surface area contributed by atoms with Crippen LogP contribution in [-0.2, 0) is 11.3 Å². The molecule has 0 saturated heterocycles. The Morgan fingerprint density at radius 2 is 1.87 bits per heavy atom. The van der Waals surface area contributed by atoms with Gasteiger partial charge in [-0.3, -0.25) is 4.79 Å². The van der Waals surface area contributed by atoms with Crippen LogP contribution in [-0.4, -0.2) is 22.6 Å². The zero-order chi connectivity index (χ0) is 16.8. The van der Waals surface area contributed by atoms with Crippen molar-refractivity contribution in [1.29, 1.82) is 0 Å². The van der Waals surface area contributed by atoms with Gasteiger partial charge in [0.05, 0.1) is 5.25 Å². The summed E-state index contributed by atoms with van der Waals surface area (Å²) in [5.74, 6) is -1.32. The third-order valence-corrected chi connectivity index (χ3v) is 4.60. The van der Waals surface area contributed by atoms with Crippen molar-refractivity contribution in [2.24, 2.45) is 0 Å². The first-order chi connectivity index (χ1) is 11.0. The van der Waals surface area contributed by atoms with E-state index in [0.29, 0.717) is 13.1 Å². The second-order valence-corrected chi connectivity index (χ2v) is 6.56. The van der Waals surface area contributed by atoms with Crippen LogP contribution in [0.4, 0.5) is 8.78 Å². The van der Waals surface area contributed by atoms with Gasteiger partial charge in [0.25, 0.3) is 0 Å². The number of amides is 1. The van der Waals surface area contributed by atoms with Crippen LogP contribution in [0.25, 0.3) is 0 Å². The molecule has 0 aromatic heterocycles. The van der Waals surface area contributed by atoms with Crippen molar-refractivity contribution < 1.29 is 13.6 Å². The molecule has 5 heteroatoms. The molecule has 0 fully saturated rings. The molecule has 0 aliphatic heterocycles. The predicted octanol–water partition coefficient (Wildman–Crippen LogP) is 4.49. The maximum atomic E-state index is 13.7. The molecule has 23 heavy (non-hydrogen) atoms. The van der Waals surface area contributed by atoms with Crippen LogP contribution >= 0.6 is 11.8 Å². The first kappa shape index (κ1) is 17.5. The summed E-state index contributed by atoms with van der Waals surface area (Å²) in [4.78, 5) is 14.6. The van der Waals surface area contributed by atoms with Gasteiger partial charge in [0, 0.05) is 24.1 Å². The van der Waals surface area contributed by atoms with Gasteiger partial charge in [-0.2, -0.15) is 0 Å². The lowest BCUT2D eigenvalue weighted by Gasteiger charge is -2.24. The molecule has 0 radical (unpaired) electrons. The average molecular weight is 335 g/mol. The van der Waals surface area contributed by atoms with Crippen LogP contribution < -0.4 is 0 Å². The molecule has 2 nitrogen and oxygen atoms in total. The fraction of sp³-hybridized carbons (Fsp3) is 0.278. The maximum Gasteiger partial charge on any atom is 0.236 e. The van der Waals surface area contributed by atoms with E-state index in [-0.39, 0.29) is 10.8 Å². The second-order valence-electron chi connectivity index (χ2n) is 5.17. The van der Waals surface area contributed by atoms with E-state index in [1.807, 2.05) is 37.3 Å². The molecule has 1 amide bonds. The molecule has 2 aromatic carbocycles. The van der Waals surface area contributed by atoms with Crippen molar-refractivity contribution >= 4 is 17.7 Å². The van der Waals surface area contributed by atoms with Gasteiger partial charge in [-0.15, -0.1) is 11.8 Å². The number of hydrogen-bond donors (Lipinski definition) is 0. The van der Waals surface area contributed by atoms with Crippen LogP contribution in [0, 0.1) is 11.6 Å². The minimum absolute atomic E-state index is 0.0647. The van der Waals surface area contributed by atoms with E-state index in [0.717, 1.165) is 23.4 Å². The topological polar surface area (TPSA) is 20.3 Å². The highest BCUT2D eigenvalue weighted by Crippen LogP contribution is 2.27. The Labute approximate surface area is 139 Å². The van der Waals surface area contributed by atoms with Crippen molar-refractivity contribution in [1.82, 2.24) is 4.90 Å². The number of benzene rings is 2. The summed E-state index contributed by atoms with van der Waals surface area (Å²) >= 11 is 1.11. The summed E-state index contributed by atoms with van der Waals surface area (Å²) < 4.78 is 26.7. The van der Waals surface area contributed by atoms with Gasteiger partial charge in [-0.05, 0) is 31.5 Å². The SMILES string of the molecule is CCN(Cc1ccccc1)C(=O)C(C)Sc1ccc(F)cc1F. The smallest absolute Gasteiger partial charge is 0.236 e. The first-order valence-corrected chi connectivity index (χ1v) is 8.33. The minimum Gasteiger partial charge on any atom is -0.338 e. The molecular formula is C18H19F2NOS. The van der Waals surface area contributed by atoms with E-state index in [9.17, 15) is 13.6 Å². The van der Waals surface area contributed by atoms with E-state index in [1.165, 1.54) is 12.1 Å². The Bertz CT molecular complexity index is 663. The van der Waals surface area contributed by atoms with Gasteiger partial charge in [0.15, 0.2) is 0 Å². The number of hydrogen-bond acceptors (Lipinski definition) is 2. The number of nitrogens with zero attached hydrogens (tertiary/aromatic N) is 1. The van der Waals surface area contributed by atoms with Gasteiger partial charge < -0.3 is 4.90 Å². The molecule has 2 rings (SSSR count). The molecule has 1 atom stereocenters. The maximum absolute atomic E-state index is 13.7. The molecule has 0 N–H and O–H groups in total. The Kier molecular flexibility index (Phi) is 6.16. The number of halogens is 2. The number of thioether (sulfide) groups is 1. The zero-order valence-electron chi connectivity index (χ0n) is 13.1. The Morgan fingerprint density at radius 3 is 2.48 bits per heavy atom. The zero-order valence-corrected chi connectivity index (χ0v) is 13.9. The minimum atomic E-state index is -0.638. The monoisotopic (exact) mass is 335 g/mol. The summed E-state index contributed by atoms with van der Waals surface area (Å²) in [5, 5.41) is -0.446. The van der Waals surface area contributed by atoms with E-state index >= 15 is 0 Å². The molecule has 0 saturated carbocycles. The van der Waals surface area contributed by atoms with Gasteiger partial charge in [0.1, 0.15) is 11.6 Å². The molecule has 0 bridgehead atoms. The van der Waals surface area contributed by atoms with Crippen molar-refractivity contribution in [3.8, 4) is 0 Å². The summed E-state index contributed by atoms with van der Waals surface area (Å²) in [5.41, 5.74) is 1.05. The van der Waals surface area contributed by atoms with Gasteiger partial charge >= 0.3 is 0 Å². The standard InChI is InChI=1S/C18H19F2NOS/c1-3-21(12-14-7-5-4-6-8-14)18(22)13(2)23-17-10-9-15(19)11-16(17)20/h4-11,13H,3,12H2,1-2H3. The van der Waals surface area contributed by atoms with Crippen molar-refractivity contribution in [3.05, 3.63) is 65.7 Å². The van der Waals surface area contributed by atoms with Gasteiger partial charge in [0.2, 0.25) is 5.91 Å². The molecule has 2 aromatic rings. The quantitative estimate of drug-likeness (QED) is 0.725. The number of carbonyl (C=O) groups is 1. The van der Waals surface area contributed by atoms with Crippen molar-refractivity contribution in [2.45, 2.75) is 30.5 Å². The molecule has 1 unspecified atom stereocenters. The largest absolute Gasteiger partial charge is 0.338 e. The van der Waals surface area contributed by atoms with Crippen LogP contribution in [0.3, 0.4) is 0 Å². The molecule has 0 aliphatic carbocycles. The molecule has 0 aliphatic rings. The number of carbonyl (C=O) groups excluding carboxylic acids is 1. The Morgan fingerprint density at radius 1 is 1.17 bits per heavy atom. The summed E-state index contributed by atoms with van der Waals surface area (Å²) in [6.45, 7) is 4.75. The van der Waals surface area contributed by atoms with E-state index < -0.39 is 16.9 Å². The second kappa shape index (κ2) is 8.11. The third-order valence-electron chi connectivity index (χ3n) is 3.46. The third kappa shape index (κ3) is 4.79. The van der Waals surface area contributed by atoms with Crippen molar-refractivity contribution in [2.75, 3.05) is 6.54 Å². The van der Waals surface area contributed by atoms with Crippen LogP contribution in [0.2, 0.25) is 0 Å². The lowest BCUT2D eigenvalue weighted by Crippen LogP contribution is -2.36. The lowest BCUT2D eigenvalue weighted by atomic mass is 10.2. The first-order valence-electron chi connectivity index (χ1n) is 7.45. The van der Waals surface area contributed by atoms with E-state index in [1.54, 1.807) is 11.8 Å². The normalized spacial score (nSPS) is 12.0. The Balaban J connectivity index is 2.04. The molecule has 0 spiro atoms. The van der Waals surface area contributed by atoms with E-state index in [2.05, 4.69) is 0 Å². The number of rotatable bonds is 6. The molecular weight excluding hydrogens is 316 g/mol. The van der Waals surface area contributed by atoms with E-state index in [4.69, 9.17) is 0 Å². The molecule has 0 heterocycles. The van der Waals surface area contributed by atoms with Crippen LogP contribution in [0.5, 0.6) is 0 Å². The average Bonchev–Trinajstić information content (AvgIpc) is 2.55. The highest BCUT2D eigenvalue weighted by atomic mass is 32.2. The predicted molar refractivity (Wildman–Crippen MR) is 89.2 cm³/mol. The van der Waals surface area contributed by atoms with Crippen LogP contribution in [0.1, 0.15) is 19.4 Å². The van der Waals surface area contributed by atoms with Crippen LogP contribution in [0.15, 0.2) is 53.4 Å². The summed E-state index contributed by atoms with van der Waals surface area (Å²) in [7, 11) is 0. The van der Waals surface area contributed by atoms with Gasteiger partial charge in [-0.1, -0.05) is 30.3 Å². The highest BCUT2D eigenvalue weighted by Gasteiger charge is 2.21. The lowest BCUT2D eigenvalue weighted by molar-refractivity contribution is -0.130. The summed E-state index contributed by atoms with van der Waals surface area (Å²) in [6.07, 6.45) is 0. The molecule has 122 valence electrons. The highest BCUT2D eigenvalue weighted by molar-refractivity contribution is 8.00. The van der Waals surface area contributed by atoms with Gasteiger partial charge in [-0.25, -0.2) is 8.78 Å². The Hall–Kier alpha value is -1.88. The fourth-order valence-electron chi connectivity index (χ4n) is 2.22. The summed E-state index contributed by atoms with van der Waals surface area (Å²) in [6, 6.07) is 13.1.